The van der Waals surface area contributed by atoms with Crippen LogP contribution in [0.25, 0.3) is 0 Å². The first kappa shape index (κ1) is 20.6. The molecule has 0 amide bonds. The van der Waals surface area contributed by atoms with E-state index >= 15 is 0 Å². The minimum atomic E-state index is 0.391. The molecule has 3 aromatic rings. The molecular formula is C21H30N8. The first-order valence-corrected chi connectivity index (χ1v) is 9.80. The molecule has 2 aromatic heterocycles. The highest BCUT2D eigenvalue weighted by Crippen LogP contribution is 2.18. The van der Waals surface area contributed by atoms with E-state index in [-0.39, 0.29) is 0 Å². The Morgan fingerprint density at radius 1 is 1.28 bits per heavy atom. The summed E-state index contributed by atoms with van der Waals surface area (Å²) in [6.07, 6.45) is 5.37. The van der Waals surface area contributed by atoms with E-state index in [0.717, 1.165) is 18.2 Å². The Balaban J connectivity index is 1.62. The molecule has 0 saturated heterocycles. The van der Waals surface area contributed by atoms with E-state index in [0.29, 0.717) is 19.0 Å². The zero-order chi connectivity index (χ0) is 20.8. The average Bonchev–Trinajstić information content (AvgIpc) is 3.32. The van der Waals surface area contributed by atoms with E-state index in [1.54, 1.807) is 12.7 Å². The van der Waals surface area contributed by atoms with E-state index in [1.165, 1.54) is 16.7 Å². The summed E-state index contributed by atoms with van der Waals surface area (Å²) in [6.45, 7) is 6.51. The van der Waals surface area contributed by atoms with Gasteiger partial charge in [0.1, 0.15) is 12.7 Å². The zero-order valence-corrected chi connectivity index (χ0v) is 17.9. The van der Waals surface area contributed by atoms with Crippen molar-refractivity contribution in [1.29, 1.82) is 0 Å². The molecular weight excluding hydrogens is 364 g/mol. The van der Waals surface area contributed by atoms with E-state index in [9.17, 15) is 0 Å². The third-order valence-electron chi connectivity index (χ3n) is 4.72. The molecule has 8 heteroatoms. The number of benzene rings is 1. The van der Waals surface area contributed by atoms with Gasteiger partial charge in [0, 0.05) is 46.0 Å². The number of nitrogens with zero attached hydrogens (tertiary/aromatic N) is 7. The lowest BCUT2D eigenvalue weighted by molar-refractivity contribution is 0.473. The van der Waals surface area contributed by atoms with Crippen LogP contribution < -0.4 is 5.32 Å². The molecule has 1 aromatic carbocycles. The molecule has 8 nitrogen and oxygen atoms in total. The van der Waals surface area contributed by atoms with Gasteiger partial charge in [-0.15, -0.1) is 0 Å². The Kier molecular flexibility index (Phi) is 6.64. The van der Waals surface area contributed by atoms with Crippen LogP contribution in [0.4, 0.5) is 0 Å². The molecule has 0 aliphatic rings. The van der Waals surface area contributed by atoms with Gasteiger partial charge in [-0.05, 0) is 17.0 Å². The molecule has 29 heavy (non-hydrogen) atoms. The van der Waals surface area contributed by atoms with Crippen molar-refractivity contribution in [1.82, 2.24) is 34.8 Å². The SMILES string of the molecule is CN=C(NCc1cccc(Cn2cncn2)c1)N(C)Cc1cn(C)nc1C(C)C. The lowest BCUT2D eigenvalue weighted by Crippen LogP contribution is -2.38. The summed E-state index contributed by atoms with van der Waals surface area (Å²) in [4.78, 5) is 10.6. The number of aromatic nitrogens is 5. The Hall–Kier alpha value is -3.16. The van der Waals surface area contributed by atoms with Crippen LogP contribution >= 0.6 is 0 Å². The van der Waals surface area contributed by atoms with Gasteiger partial charge in [0.15, 0.2) is 5.96 Å². The molecule has 154 valence electrons. The Morgan fingerprint density at radius 3 is 2.76 bits per heavy atom. The second-order valence-electron chi connectivity index (χ2n) is 7.54. The van der Waals surface area contributed by atoms with Crippen LogP contribution in [0.2, 0.25) is 0 Å². The second kappa shape index (κ2) is 9.36. The number of rotatable bonds is 7. The number of hydrogen-bond donors (Lipinski definition) is 1. The lowest BCUT2D eigenvalue weighted by Gasteiger charge is -2.22. The van der Waals surface area contributed by atoms with Gasteiger partial charge in [-0.25, -0.2) is 9.67 Å². The molecule has 0 saturated carbocycles. The Labute approximate surface area is 172 Å². The summed E-state index contributed by atoms with van der Waals surface area (Å²) in [6, 6.07) is 8.46. The maximum atomic E-state index is 4.60. The standard InChI is InChI=1S/C21H30N8/c1-16(2)20-19(13-28(5)26-20)12-27(4)21(22-3)24-10-17-7-6-8-18(9-17)11-29-15-23-14-25-29/h6-9,13-16H,10-12H2,1-5H3,(H,22,24). The van der Waals surface area contributed by atoms with E-state index in [1.807, 2.05) is 30.5 Å². The van der Waals surface area contributed by atoms with Gasteiger partial charge in [-0.1, -0.05) is 38.1 Å². The van der Waals surface area contributed by atoms with Crippen molar-refractivity contribution in [3.8, 4) is 0 Å². The van der Waals surface area contributed by atoms with E-state index < -0.39 is 0 Å². The largest absolute Gasteiger partial charge is 0.352 e. The van der Waals surface area contributed by atoms with Gasteiger partial charge in [-0.2, -0.15) is 10.2 Å². The monoisotopic (exact) mass is 394 g/mol. The van der Waals surface area contributed by atoms with Gasteiger partial charge in [0.2, 0.25) is 0 Å². The van der Waals surface area contributed by atoms with Crippen LogP contribution in [0.3, 0.4) is 0 Å². The molecule has 0 aliphatic carbocycles. The normalized spacial score (nSPS) is 11.9. The molecule has 0 radical (unpaired) electrons. The van der Waals surface area contributed by atoms with Crippen molar-refractivity contribution in [2.24, 2.45) is 12.0 Å². The van der Waals surface area contributed by atoms with E-state index in [4.69, 9.17) is 0 Å². The first-order valence-electron chi connectivity index (χ1n) is 9.80. The third kappa shape index (κ3) is 5.43. The van der Waals surface area contributed by atoms with Gasteiger partial charge in [0.05, 0.1) is 12.2 Å². The Morgan fingerprint density at radius 2 is 2.07 bits per heavy atom. The minimum absolute atomic E-state index is 0.391. The lowest BCUT2D eigenvalue weighted by atomic mass is 10.1. The summed E-state index contributed by atoms with van der Waals surface area (Å²) < 4.78 is 3.70. The Bertz CT molecular complexity index is 940. The predicted octanol–water partition coefficient (Wildman–Crippen LogP) is 2.39. The van der Waals surface area contributed by atoms with E-state index in [2.05, 4.69) is 74.7 Å². The van der Waals surface area contributed by atoms with Crippen molar-refractivity contribution in [3.63, 3.8) is 0 Å². The summed E-state index contributed by atoms with van der Waals surface area (Å²) >= 11 is 0. The smallest absolute Gasteiger partial charge is 0.193 e. The second-order valence-corrected chi connectivity index (χ2v) is 7.54. The highest BCUT2D eigenvalue weighted by atomic mass is 15.3. The molecule has 0 unspecified atom stereocenters. The highest BCUT2D eigenvalue weighted by molar-refractivity contribution is 5.79. The molecule has 0 bridgehead atoms. The van der Waals surface area contributed by atoms with Crippen molar-refractivity contribution >= 4 is 5.96 Å². The van der Waals surface area contributed by atoms with Gasteiger partial charge >= 0.3 is 0 Å². The van der Waals surface area contributed by atoms with Crippen LogP contribution in [0.1, 0.15) is 42.1 Å². The molecule has 1 N–H and O–H groups in total. The highest BCUT2D eigenvalue weighted by Gasteiger charge is 2.15. The van der Waals surface area contributed by atoms with Crippen LogP contribution in [-0.4, -0.2) is 49.5 Å². The van der Waals surface area contributed by atoms with Crippen LogP contribution in [0, 0.1) is 0 Å². The van der Waals surface area contributed by atoms with Crippen LogP contribution in [0.15, 0.2) is 48.1 Å². The van der Waals surface area contributed by atoms with Gasteiger partial charge < -0.3 is 10.2 Å². The van der Waals surface area contributed by atoms with Gasteiger partial charge in [0.25, 0.3) is 0 Å². The summed E-state index contributed by atoms with van der Waals surface area (Å²) in [5.41, 5.74) is 4.75. The molecule has 0 atom stereocenters. The predicted molar refractivity (Wildman–Crippen MR) is 115 cm³/mol. The summed E-state index contributed by atoms with van der Waals surface area (Å²) in [5, 5.41) is 12.2. The van der Waals surface area contributed by atoms with Crippen LogP contribution in [0.5, 0.6) is 0 Å². The van der Waals surface area contributed by atoms with Crippen molar-refractivity contribution in [2.75, 3.05) is 14.1 Å². The maximum absolute atomic E-state index is 4.60. The molecule has 3 rings (SSSR count). The number of aryl methyl sites for hydroxylation is 1. The molecule has 0 fully saturated rings. The van der Waals surface area contributed by atoms with Crippen molar-refractivity contribution in [3.05, 3.63) is 65.5 Å². The number of aliphatic imine (C=N–C) groups is 1. The topological polar surface area (TPSA) is 76.2 Å². The minimum Gasteiger partial charge on any atom is -0.352 e. The van der Waals surface area contributed by atoms with Crippen molar-refractivity contribution in [2.45, 2.75) is 39.4 Å². The third-order valence-corrected chi connectivity index (χ3v) is 4.72. The average molecular weight is 395 g/mol. The number of hydrogen-bond acceptors (Lipinski definition) is 4. The summed E-state index contributed by atoms with van der Waals surface area (Å²) in [5.74, 6) is 1.24. The van der Waals surface area contributed by atoms with Gasteiger partial charge in [-0.3, -0.25) is 9.67 Å². The quantitative estimate of drug-likeness (QED) is 0.492. The first-order chi connectivity index (χ1) is 14.0. The molecule has 0 aliphatic heterocycles. The fourth-order valence-electron chi connectivity index (χ4n) is 3.40. The zero-order valence-electron chi connectivity index (χ0n) is 17.9. The van der Waals surface area contributed by atoms with Crippen molar-refractivity contribution < 1.29 is 0 Å². The molecule has 0 spiro atoms. The fraction of sp³-hybridized carbons (Fsp3) is 0.429. The van der Waals surface area contributed by atoms with Crippen LogP contribution in [-0.2, 0) is 26.7 Å². The number of nitrogens with one attached hydrogen (secondary N) is 1. The molecule has 2 heterocycles. The number of guanidine groups is 1. The summed E-state index contributed by atoms with van der Waals surface area (Å²) in [7, 11) is 5.83. The fourth-order valence-corrected chi connectivity index (χ4v) is 3.40. The maximum Gasteiger partial charge on any atom is 0.193 e.